The lowest BCUT2D eigenvalue weighted by Gasteiger charge is -2.26. The lowest BCUT2D eigenvalue weighted by atomic mass is 10.2. The molecule has 174 valence electrons. The number of rotatable bonds is 6. The van der Waals surface area contributed by atoms with Crippen molar-refractivity contribution in [1.82, 2.24) is 14.9 Å². The fourth-order valence-corrected chi connectivity index (χ4v) is 4.58. The Hall–Kier alpha value is -3.85. The molecule has 0 atom stereocenters. The van der Waals surface area contributed by atoms with Gasteiger partial charge < -0.3 is 15.2 Å². The van der Waals surface area contributed by atoms with Crippen LogP contribution in [0.2, 0.25) is 0 Å². The first-order valence-electron chi connectivity index (χ1n) is 10.7. The number of benzene rings is 2. The highest BCUT2D eigenvalue weighted by atomic mass is 32.1. The maximum absolute atomic E-state index is 13.4. The summed E-state index contributed by atoms with van der Waals surface area (Å²) in [6, 6.07) is 14.0. The molecule has 0 fully saturated rings. The van der Waals surface area contributed by atoms with Crippen LogP contribution < -0.4 is 10.9 Å². The molecule has 4 rings (SSSR count). The van der Waals surface area contributed by atoms with E-state index < -0.39 is 11.7 Å². The molecule has 0 aliphatic carbocycles. The van der Waals surface area contributed by atoms with Gasteiger partial charge in [0.2, 0.25) is 0 Å². The third-order valence-corrected chi connectivity index (χ3v) is 6.44. The number of carbonyl (C=O) groups excluding carboxylic acids is 2. The summed E-state index contributed by atoms with van der Waals surface area (Å²) in [4.78, 5) is 47.7. The van der Waals surface area contributed by atoms with Gasteiger partial charge in [0, 0.05) is 11.6 Å². The standard InChI is InChI=1S/C25H23FN4O3S/c1-14(2)30(13-20-27-19-10-5-4-9-18(19)24(32)28-20)25(33)22-15(3)11-21(34-22)29-23(31)16-7-6-8-17(26)12-16/h4-12,14H,13H2,1-3H3,(H,29,31)(H,27,28,32). The average molecular weight is 479 g/mol. The maximum atomic E-state index is 13.4. The molecule has 0 aliphatic rings. The summed E-state index contributed by atoms with van der Waals surface area (Å²) in [6.45, 7) is 5.67. The molecular weight excluding hydrogens is 455 g/mol. The lowest BCUT2D eigenvalue weighted by Crippen LogP contribution is -2.37. The van der Waals surface area contributed by atoms with Gasteiger partial charge in [-0.3, -0.25) is 14.4 Å². The first-order chi connectivity index (χ1) is 16.2. The highest BCUT2D eigenvalue weighted by Crippen LogP contribution is 2.29. The third-order valence-electron chi connectivity index (χ3n) is 5.30. The molecule has 2 aromatic carbocycles. The fourth-order valence-electron chi connectivity index (χ4n) is 3.56. The number of carbonyl (C=O) groups is 2. The smallest absolute Gasteiger partial charge is 0.264 e. The normalized spacial score (nSPS) is 11.1. The molecule has 2 aromatic heterocycles. The molecular formula is C25H23FN4O3S. The van der Waals surface area contributed by atoms with Gasteiger partial charge in [-0.25, -0.2) is 9.37 Å². The molecule has 0 saturated carbocycles. The van der Waals surface area contributed by atoms with Crippen LogP contribution in [0.15, 0.2) is 59.4 Å². The Bertz CT molecular complexity index is 1440. The molecule has 7 nitrogen and oxygen atoms in total. The Kier molecular flexibility index (Phi) is 6.56. The van der Waals surface area contributed by atoms with Crippen LogP contribution in [0.3, 0.4) is 0 Å². The highest BCUT2D eigenvalue weighted by Gasteiger charge is 2.24. The molecule has 0 spiro atoms. The Morgan fingerprint density at radius 3 is 2.65 bits per heavy atom. The van der Waals surface area contributed by atoms with E-state index in [1.807, 2.05) is 13.8 Å². The minimum absolute atomic E-state index is 0.124. The molecule has 4 aromatic rings. The van der Waals surface area contributed by atoms with E-state index in [2.05, 4.69) is 15.3 Å². The topological polar surface area (TPSA) is 95.2 Å². The van der Waals surface area contributed by atoms with Crippen LogP contribution in [0.1, 0.15) is 45.3 Å². The molecule has 0 saturated heterocycles. The van der Waals surface area contributed by atoms with E-state index in [-0.39, 0.29) is 29.6 Å². The van der Waals surface area contributed by atoms with Crippen LogP contribution in [0.5, 0.6) is 0 Å². The number of amides is 2. The molecule has 0 radical (unpaired) electrons. The Balaban J connectivity index is 1.57. The molecule has 2 amide bonds. The molecule has 2 heterocycles. The van der Waals surface area contributed by atoms with Crippen molar-refractivity contribution in [2.75, 3.05) is 5.32 Å². The van der Waals surface area contributed by atoms with Crippen LogP contribution in [0.25, 0.3) is 10.9 Å². The zero-order chi connectivity index (χ0) is 24.4. The van der Waals surface area contributed by atoms with Crippen molar-refractivity contribution in [2.45, 2.75) is 33.4 Å². The number of fused-ring (bicyclic) bond motifs is 1. The molecule has 2 N–H and O–H groups in total. The van der Waals surface area contributed by atoms with Crippen molar-refractivity contribution in [1.29, 1.82) is 0 Å². The minimum Gasteiger partial charge on any atom is -0.328 e. The number of aryl methyl sites for hydroxylation is 1. The van der Waals surface area contributed by atoms with E-state index in [0.717, 1.165) is 17.4 Å². The van der Waals surface area contributed by atoms with Crippen molar-refractivity contribution in [3.05, 3.63) is 92.6 Å². The summed E-state index contributed by atoms with van der Waals surface area (Å²) >= 11 is 1.15. The number of nitrogens with one attached hydrogen (secondary N) is 2. The van der Waals surface area contributed by atoms with Crippen molar-refractivity contribution in [3.8, 4) is 0 Å². The molecule has 0 unspecified atom stereocenters. The monoisotopic (exact) mass is 478 g/mol. The Morgan fingerprint density at radius 2 is 1.91 bits per heavy atom. The number of nitrogens with zero attached hydrogens (tertiary/aromatic N) is 2. The lowest BCUT2D eigenvalue weighted by molar-refractivity contribution is 0.0689. The number of aromatic amines is 1. The first kappa shape index (κ1) is 23.3. The van der Waals surface area contributed by atoms with Crippen molar-refractivity contribution in [2.24, 2.45) is 0 Å². The summed E-state index contributed by atoms with van der Waals surface area (Å²) < 4.78 is 13.4. The summed E-state index contributed by atoms with van der Waals surface area (Å²) in [5.74, 6) is -0.809. The van der Waals surface area contributed by atoms with E-state index in [0.29, 0.717) is 32.2 Å². The predicted octanol–water partition coefficient (Wildman–Crippen LogP) is 4.74. The fraction of sp³-hybridized carbons (Fsp3) is 0.200. The van der Waals surface area contributed by atoms with Gasteiger partial charge in [0.05, 0.1) is 27.3 Å². The van der Waals surface area contributed by atoms with E-state index >= 15 is 0 Å². The van der Waals surface area contributed by atoms with Crippen molar-refractivity contribution in [3.63, 3.8) is 0 Å². The van der Waals surface area contributed by atoms with Crippen LogP contribution in [-0.4, -0.2) is 32.7 Å². The largest absolute Gasteiger partial charge is 0.328 e. The number of H-pyrrole nitrogens is 1. The van der Waals surface area contributed by atoms with Gasteiger partial charge in [0.25, 0.3) is 17.4 Å². The zero-order valence-corrected chi connectivity index (χ0v) is 19.7. The van der Waals surface area contributed by atoms with E-state index in [4.69, 9.17) is 0 Å². The first-order valence-corrected chi connectivity index (χ1v) is 11.5. The maximum Gasteiger partial charge on any atom is 0.264 e. The second-order valence-corrected chi connectivity index (χ2v) is 9.20. The van der Waals surface area contributed by atoms with Crippen LogP contribution in [0.4, 0.5) is 9.39 Å². The average Bonchev–Trinajstić information content (AvgIpc) is 3.16. The highest BCUT2D eigenvalue weighted by molar-refractivity contribution is 7.18. The Labute approximate surface area is 199 Å². The minimum atomic E-state index is -0.501. The van der Waals surface area contributed by atoms with E-state index in [9.17, 15) is 18.8 Å². The SMILES string of the molecule is Cc1cc(NC(=O)c2cccc(F)c2)sc1C(=O)N(Cc1nc2ccccc2c(=O)[nH]1)C(C)C. The van der Waals surface area contributed by atoms with Gasteiger partial charge in [-0.1, -0.05) is 18.2 Å². The van der Waals surface area contributed by atoms with Crippen molar-refractivity contribution < 1.29 is 14.0 Å². The van der Waals surface area contributed by atoms with Gasteiger partial charge in [-0.2, -0.15) is 0 Å². The molecule has 0 aliphatic heterocycles. The van der Waals surface area contributed by atoms with Crippen LogP contribution in [0, 0.1) is 12.7 Å². The Morgan fingerprint density at radius 1 is 1.15 bits per heavy atom. The third kappa shape index (κ3) is 4.89. The number of aromatic nitrogens is 2. The molecule has 0 bridgehead atoms. The van der Waals surface area contributed by atoms with Gasteiger partial charge in [-0.15, -0.1) is 11.3 Å². The number of hydrogen-bond acceptors (Lipinski definition) is 5. The van der Waals surface area contributed by atoms with Crippen molar-refractivity contribution >= 4 is 39.1 Å². The summed E-state index contributed by atoms with van der Waals surface area (Å²) in [5, 5.41) is 3.70. The van der Waals surface area contributed by atoms with E-state index in [1.54, 1.807) is 42.2 Å². The van der Waals surface area contributed by atoms with Gasteiger partial charge in [0.1, 0.15) is 11.6 Å². The van der Waals surface area contributed by atoms with Crippen LogP contribution >= 0.6 is 11.3 Å². The number of halogens is 1. The number of anilines is 1. The zero-order valence-electron chi connectivity index (χ0n) is 18.9. The molecule has 34 heavy (non-hydrogen) atoms. The van der Waals surface area contributed by atoms with Gasteiger partial charge >= 0.3 is 0 Å². The quantitative estimate of drug-likeness (QED) is 0.419. The van der Waals surface area contributed by atoms with E-state index in [1.165, 1.54) is 18.2 Å². The summed E-state index contributed by atoms with van der Waals surface area (Å²) in [6.07, 6.45) is 0. The number of hydrogen-bond donors (Lipinski definition) is 2. The number of thiophene rings is 1. The molecule has 9 heteroatoms. The van der Waals surface area contributed by atoms with Gasteiger partial charge in [-0.05, 0) is 62.7 Å². The van der Waals surface area contributed by atoms with Gasteiger partial charge in [0.15, 0.2) is 0 Å². The summed E-state index contributed by atoms with van der Waals surface area (Å²) in [7, 11) is 0. The van der Waals surface area contributed by atoms with Crippen LogP contribution in [-0.2, 0) is 6.54 Å². The number of para-hydroxylation sites is 1. The predicted molar refractivity (Wildman–Crippen MR) is 131 cm³/mol. The second kappa shape index (κ2) is 9.56. The summed E-state index contributed by atoms with van der Waals surface area (Å²) in [5.41, 5.74) is 1.20. The second-order valence-electron chi connectivity index (χ2n) is 8.14.